The van der Waals surface area contributed by atoms with Gasteiger partial charge in [0, 0.05) is 19.1 Å². The molecule has 0 saturated heterocycles. The molecule has 2 unspecified atom stereocenters. The van der Waals surface area contributed by atoms with Crippen LogP contribution < -0.4 is 5.73 Å². The van der Waals surface area contributed by atoms with Crippen molar-refractivity contribution in [3.8, 4) is 0 Å². The summed E-state index contributed by atoms with van der Waals surface area (Å²) in [6, 6.07) is 11.1. The fourth-order valence-corrected chi connectivity index (χ4v) is 2.65. The first kappa shape index (κ1) is 11.6. The van der Waals surface area contributed by atoms with Gasteiger partial charge in [0.2, 0.25) is 0 Å². The second kappa shape index (κ2) is 5.46. The van der Waals surface area contributed by atoms with Crippen molar-refractivity contribution in [3.05, 3.63) is 35.9 Å². The van der Waals surface area contributed by atoms with Gasteiger partial charge in [-0.1, -0.05) is 36.8 Å². The zero-order chi connectivity index (χ0) is 11.4. The molecule has 0 aliphatic heterocycles. The highest BCUT2D eigenvalue weighted by atomic mass is 15.1. The first-order valence-corrected chi connectivity index (χ1v) is 6.24. The molecule has 2 rings (SSSR count). The van der Waals surface area contributed by atoms with Gasteiger partial charge in [0.25, 0.3) is 0 Å². The van der Waals surface area contributed by atoms with E-state index in [1.54, 1.807) is 0 Å². The van der Waals surface area contributed by atoms with Crippen molar-refractivity contribution in [2.75, 3.05) is 13.6 Å². The summed E-state index contributed by atoms with van der Waals surface area (Å²) in [6.45, 7) is 2.17. The van der Waals surface area contributed by atoms with Gasteiger partial charge in [-0.3, -0.25) is 0 Å². The molecule has 2 nitrogen and oxygen atoms in total. The van der Waals surface area contributed by atoms with Crippen molar-refractivity contribution < 1.29 is 0 Å². The second-order valence-electron chi connectivity index (χ2n) is 5.04. The third-order valence-corrected chi connectivity index (χ3v) is 3.56. The normalized spacial score (nSPS) is 25.2. The van der Waals surface area contributed by atoms with Gasteiger partial charge in [-0.2, -0.15) is 0 Å². The molecule has 0 radical (unpaired) electrons. The highest BCUT2D eigenvalue weighted by Crippen LogP contribution is 2.24. The SMILES string of the molecule is CN(Cc1ccccc1)CC1CCCC1N. The van der Waals surface area contributed by atoms with Crippen LogP contribution >= 0.6 is 0 Å². The quantitative estimate of drug-likeness (QED) is 0.840. The molecule has 2 N–H and O–H groups in total. The first-order valence-electron chi connectivity index (χ1n) is 6.24. The smallest absolute Gasteiger partial charge is 0.0230 e. The molecule has 1 aromatic rings. The summed E-state index contributed by atoms with van der Waals surface area (Å²) in [6.07, 6.45) is 3.83. The van der Waals surface area contributed by atoms with Crippen LogP contribution in [0, 0.1) is 5.92 Å². The minimum absolute atomic E-state index is 0.429. The Bertz CT molecular complexity index is 310. The van der Waals surface area contributed by atoms with Crippen LogP contribution in [0.3, 0.4) is 0 Å². The number of hydrogen-bond acceptors (Lipinski definition) is 2. The molecule has 0 aromatic heterocycles. The van der Waals surface area contributed by atoms with Crippen LogP contribution in [0.25, 0.3) is 0 Å². The third-order valence-electron chi connectivity index (χ3n) is 3.56. The molecule has 1 aliphatic rings. The molecule has 0 amide bonds. The summed E-state index contributed by atoms with van der Waals surface area (Å²) in [4.78, 5) is 2.39. The maximum atomic E-state index is 6.09. The molecule has 1 saturated carbocycles. The summed E-state index contributed by atoms with van der Waals surface area (Å²) < 4.78 is 0. The highest BCUT2D eigenvalue weighted by molar-refractivity contribution is 5.14. The number of benzene rings is 1. The average molecular weight is 218 g/mol. The van der Waals surface area contributed by atoms with Crippen molar-refractivity contribution in [1.82, 2.24) is 4.90 Å². The molecule has 2 heteroatoms. The van der Waals surface area contributed by atoms with Gasteiger partial charge in [0.05, 0.1) is 0 Å². The number of rotatable bonds is 4. The summed E-state index contributed by atoms with van der Waals surface area (Å²) >= 11 is 0. The lowest BCUT2D eigenvalue weighted by atomic mass is 10.0. The van der Waals surface area contributed by atoms with E-state index in [4.69, 9.17) is 5.73 Å². The Morgan fingerprint density at radius 1 is 1.25 bits per heavy atom. The van der Waals surface area contributed by atoms with E-state index in [1.165, 1.54) is 24.8 Å². The maximum Gasteiger partial charge on any atom is 0.0230 e. The minimum Gasteiger partial charge on any atom is -0.327 e. The van der Waals surface area contributed by atoms with E-state index >= 15 is 0 Å². The lowest BCUT2D eigenvalue weighted by Crippen LogP contribution is -2.34. The molecule has 88 valence electrons. The van der Waals surface area contributed by atoms with Crippen molar-refractivity contribution >= 4 is 0 Å². The van der Waals surface area contributed by atoms with E-state index in [0.29, 0.717) is 12.0 Å². The molecular weight excluding hydrogens is 196 g/mol. The van der Waals surface area contributed by atoms with Crippen molar-refractivity contribution in [2.45, 2.75) is 31.8 Å². The standard InChI is InChI=1S/C14H22N2/c1-16(10-12-6-3-2-4-7-12)11-13-8-5-9-14(13)15/h2-4,6-7,13-14H,5,8-11,15H2,1H3. The molecule has 1 aromatic carbocycles. The summed E-state index contributed by atoms with van der Waals surface area (Å²) in [7, 11) is 2.19. The Hall–Kier alpha value is -0.860. The van der Waals surface area contributed by atoms with E-state index in [-0.39, 0.29) is 0 Å². The van der Waals surface area contributed by atoms with Gasteiger partial charge in [0.15, 0.2) is 0 Å². The minimum atomic E-state index is 0.429. The molecule has 16 heavy (non-hydrogen) atoms. The lowest BCUT2D eigenvalue weighted by molar-refractivity contribution is 0.259. The van der Waals surface area contributed by atoms with Crippen LogP contribution in [0.15, 0.2) is 30.3 Å². The molecule has 0 bridgehead atoms. The van der Waals surface area contributed by atoms with Crippen LogP contribution in [0.1, 0.15) is 24.8 Å². The topological polar surface area (TPSA) is 29.3 Å². The average Bonchev–Trinajstić information content (AvgIpc) is 2.66. The Labute approximate surface area is 98.4 Å². The van der Waals surface area contributed by atoms with Crippen LogP contribution in [0.5, 0.6) is 0 Å². The van der Waals surface area contributed by atoms with Crippen LogP contribution in [0.4, 0.5) is 0 Å². The van der Waals surface area contributed by atoms with Crippen molar-refractivity contribution in [2.24, 2.45) is 11.7 Å². The monoisotopic (exact) mass is 218 g/mol. The predicted octanol–water partition coefficient (Wildman–Crippen LogP) is 2.25. The van der Waals surface area contributed by atoms with Crippen LogP contribution in [0.2, 0.25) is 0 Å². The van der Waals surface area contributed by atoms with Crippen LogP contribution in [-0.2, 0) is 6.54 Å². The van der Waals surface area contributed by atoms with Gasteiger partial charge in [-0.05, 0) is 31.4 Å². The fraction of sp³-hybridized carbons (Fsp3) is 0.571. The molecule has 0 spiro atoms. The van der Waals surface area contributed by atoms with Crippen LogP contribution in [-0.4, -0.2) is 24.5 Å². The maximum absolute atomic E-state index is 6.09. The van der Waals surface area contributed by atoms with E-state index in [9.17, 15) is 0 Å². The zero-order valence-electron chi connectivity index (χ0n) is 10.1. The Balaban J connectivity index is 1.82. The van der Waals surface area contributed by atoms with Gasteiger partial charge in [-0.15, -0.1) is 0 Å². The Kier molecular flexibility index (Phi) is 3.97. The fourth-order valence-electron chi connectivity index (χ4n) is 2.65. The third kappa shape index (κ3) is 3.06. The second-order valence-corrected chi connectivity index (χ2v) is 5.04. The highest BCUT2D eigenvalue weighted by Gasteiger charge is 2.24. The number of nitrogens with zero attached hydrogens (tertiary/aromatic N) is 1. The molecular formula is C14H22N2. The first-order chi connectivity index (χ1) is 7.75. The molecule has 0 heterocycles. The summed E-state index contributed by atoms with van der Waals surface area (Å²) in [5.74, 6) is 0.703. The molecule has 1 aliphatic carbocycles. The zero-order valence-corrected chi connectivity index (χ0v) is 10.1. The predicted molar refractivity (Wildman–Crippen MR) is 68.1 cm³/mol. The summed E-state index contributed by atoms with van der Waals surface area (Å²) in [5, 5.41) is 0. The molecule has 2 atom stereocenters. The summed E-state index contributed by atoms with van der Waals surface area (Å²) in [5.41, 5.74) is 7.48. The Morgan fingerprint density at radius 3 is 2.62 bits per heavy atom. The van der Waals surface area contributed by atoms with E-state index in [1.807, 2.05) is 0 Å². The van der Waals surface area contributed by atoms with Crippen molar-refractivity contribution in [1.29, 1.82) is 0 Å². The van der Waals surface area contributed by atoms with E-state index in [0.717, 1.165) is 13.1 Å². The Morgan fingerprint density at radius 2 is 2.00 bits per heavy atom. The van der Waals surface area contributed by atoms with Gasteiger partial charge in [0.1, 0.15) is 0 Å². The lowest BCUT2D eigenvalue weighted by Gasteiger charge is -2.23. The van der Waals surface area contributed by atoms with Gasteiger partial charge in [-0.25, -0.2) is 0 Å². The number of nitrogens with two attached hydrogens (primary N) is 1. The van der Waals surface area contributed by atoms with Gasteiger partial charge >= 0.3 is 0 Å². The van der Waals surface area contributed by atoms with Crippen molar-refractivity contribution in [3.63, 3.8) is 0 Å². The molecule has 1 fully saturated rings. The number of hydrogen-bond donors (Lipinski definition) is 1. The van der Waals surface area contributed by atoms with Gasteiger partial charge < -0.3 is 10.6 Å². The van der Waals surface area contributed by atoms with E-state index in [2.05, 4.69) is 42.3 Å². The largest absolute Gasteiger partial charge is 0.327 e. The van der Waals surface area contributed by atoms with E-state index < -0.39 is 0 Å².